The Balaban J connectivity index is 1.85. The quantitative estimate of drug-likeness (QED) is 0.629. The number of hydrogen-bond donors (Lipinski definition) is 3. The lowest BCUT2D eigenvalue weighted by Gasteiger charge is -2.31. The van der Waals surface area contributed by atoms with Crippen LogP contribution in [0.2, 0.25) is 0 Å². The van der Waals surface area contributed by atoms with Crippen molar-refractivity contribution in [3.63, 3.8) is 0 Å². The smallest absolute Gasteiger partial charge is 0.0947 e. The van der Waals surface area contributed by atoms with Crippen LogP contribution in [0.3, 0.4) is 0 Å². The second kappa shape index (κ2) is 8.78. The lowest BCUT2D eigenvalue weighted by molar-refractivity contribution is 0.323. The first-order valence-electron chi connectivity index (χ1n) is 7.99. The fourth-order valence-corrected chi connectivity index (χ4v) is 2.67. The molecule has 0 aliphatic rings. The van der Waals surface area contributed by atoms with E-state index in [1.165, 1.54) is 0 Å². The van der Waals surface area contributed by atoms with Gasteiger partial charge in [-0.05, 0) is 25.0 Å². The average molecular weight is 305 g/mol. The van der Waals surface area contributed by atoms with Crippen LogP contribution in [-0.4, -0.2) is 18.1 Å². The molecule has 0 saturated carbocycles. The Bertz CT molecular complexity index is 450. The van der Waals surface area contributed by atoms with E-state index >= 15 is 0 Å². The first-order chi connectivity index (χ1) is 10.7. The van der Waals surface area contributed by atoms with Gasteiger partial charge < -0.3 is 25.2 Å². The highest BCUT2D eigenvalue weighted by Crippen LogP contribution is 2.09. The van der Waals surface area contributed by atoms with Crippen LogP contribution in [0.1, 0.15) is 37.8 Å². The normalized spacial score (nSPS) is 15.6. The zero-order valence-electron chi connectivity index (χ0n) is 13.4. The molecule has 5 nitrogen and oxygen atoms in total. The predicted molar refractivity (Wildman–Crippen MR) is 87.2 cm³/mol. The Morgan fingerprint density at radius 2 is 1.36 bits per heavy atom. The maximum absolute atomic E-state index is 6.49. The van der Waals surface area contributed by atoms with Crippen molar-refractivity contribution in [2.45, 2.75) is 57.9 Å². The summed E-state index contributed by atoms with van der Waals surface area (Å²) in [7, 11) is 0. The van der Waals surface area contributed by atoms with Gasteiger partial charge in [-0.2, -0.15) is 0 Å². The van der Waals surface area contributed by atoms with Gasteiger partial charge in [-0.1, -0.05) is 13.8 Å². The molecular weight excluding hydrogens is 278 g/mol. The van der Waals surface area contributed by atoms with Crippen molar-refractivity contribution >= 4 is 0 Å². The van der Waals surface area contributed by atoms with Gasteiger partial charge in [0.25, 0.3) is 0 Å². The zero-order valence-corrected chi connectivity index (χ0v) is 13.4. The molecule has 0 fully saturated rings. The molecule has 0 spiro atoms. The third kappa shape index (κ3) is 4.73. The number of nitrogens with two attached hydrogens (primary N) is 1. The van der Waals surface area contributed by atoms with E-state index < -0.39 is 0 Å². The van der Waals surface area contributed by atoms with Crippen LogP contribution in [0, 0.1) is 0 Å². The largest absolute Gasteiger partial charge is 0.472 e. The summed E-state index contributed by atoms with van der Waals surface area (Å²) in [4.78, 5) is 0. The molecule has 122 valence electrons. The molecular formula is C17H27N3O2. The number of furan rings is 2. The molecule has 4 N–H and O–H groups in total. The summed E-state index contributed by atoms with van der Waals surface area (Å²) in [6, 6.07) is 4.52. The van der Waals surface area contributed by atoms with Crippen LogP contribution in [0.5, 0.6) is 0 Å². The highest BCUT2D eigenvalue weighted by atomic mass is 16.3. The van der Waals surface area contributed by atoms with Gasteiger partial charge in [0.05, 0.1) is 25.1 Å². The number of nitrogens with one attached hydrogen (secondary N) is 2. The first-order valence-corrected chi connectivity index (χ1v) is 7.99. The Hall–Kier alpha value is -1.56. The molecule has 0 aliphatic carbocycles. The highest BCUT2D eigenvalue weighted by molar-refractivity contribution is 5.06. The monoisotopic (exact) mass is 305 g/mol. The van der Waals surface area contributed by atoms with E-state index in [4.69, 9.17) is 14.6 Å². The summed E-state index contributed by atoms with van der Waals surface area (Å²) in [6.45, 7) is 5.88. The van der Waals surface area contributed by atoms with Crippen LogP contribution in [0.25, 0.3) is 0 Å². The summed E-state index contributed by atoms with van der Waals surface area (Å²) < 4.78 is 10.2. The van der Waals surface area contributed by atoms with Gasteiger partial charge in [-0.25, -0.2) is 0 Å². The maximum Gasteiger partial charge on any atom is 0.0947 e. The Morgan fingerprint density at radius 1 is 0.909 bits per heavy atom. The second-order valence-corrected chi connectivity index (χ2v) is 5.63. The van der Waals surface area contributed by atoms with Crippen LogP contribution in [-0.2, 0) is 13.1 Å². The molecule has 2 aromatic heterocycles. The second-order valence-electron chi connectivity index (χ2n) is 5.63. The van der Waals surface area contributed by atoms with Gasteiger partial charge in [0.15, 0.2) is 0 Å². The van der Waals surface area contributed by atoms with E-state index in [2.05, 4.69) is 24.5 Å². The summed E-state index contributed by atoms with van der Waals surface area (Å²) in [5, 5.41) is 7.07. The molecule has 22 heavy (non-hydrogen) atoms. The lowest BCUT2D eigenvalue weighted by Crippen LogP contribution is -2.55. The van der Waals surface area contributed by atoms with Crippen molar-refractivity contribution < 1.29 is 8.83 Å². The van der Waals surface area contributed by atoms with E-state index in [1.807, 2.05) is 12.1 Å². The van der Waals surface area contributed by atoms with Gasteiger partial charge in [-0.15, -0.1) is 0 Å². The van der Waals surface area contributed by atoms with Gasteiger partial charge >= 0.3 is 0 Å². The number of rotatable bonds is 10. The van der Waals surface area contributed by atoms with Gasteiger partial charge in [-0.3, -0.25) is 0 Å². The fraction of sp³-hybridized carbons (Fsp3) is 0.529. The van der Waals surface area contributed by atoms with Crippen LogP contribution < -0.4 is 16.4 Å². The molecule has 2 atom stereocenters. The zero-order chi connectivity index (χ0) is 15.8. The van der Waals surface area contributed by atoms with Crippen molar-refractivity contribution in [2.75, 3.05) is 0 Å². The summed E-state index contributed by atoms with van der Waals surface area (Å²) in [5.74, 6) is 0. The van der Waals surface area contributed by atoms with E-state index in [-0.39, 0.29) is 18.1 Å². The average Bonchev–Trinajstić information content (AvgIpc) is 3.21. The van der Waals surface area contributed by atoms with E-state index in [9.17, 15) is 0 Å². The first kappa shape index (κ1) is 16.8. The minimum atomic E-state index is 0.0498. The molecule has 0 aliphatic heterocycles. The molecule has 0 bridgehead atoms. The van der Waals surface area contributed by atoms with Gasteiger partial charge in [0.2, 0.25) is 0 Å². The van der Waals surface area contributed by atoms with Crippen molar-refractivity contribution in [2.24, 2.45) is 5.73 Å². The van der Waals surface area contributed by atoms with E-state index in [0.29, 0.717) is 0 Å². The number of hydrogen-bond acceptors (Lipinski definition) is 5. The van der Waals surface area contributed by atoms with Crippen LogP contribution >= 0.6 is 0 Å². The minimum absolute atomic E-state index is 0.0498. The van der Waals surface area contributed by atoms with Crippen molar-refractivity contribution in [3.05, 3.63) is 48.3 Å². The molecule has 2 aromatic rings. The molecule has 0 amide bonds. The van der Waals surface area contributed by atoms with E-state index in [1.54, 1.807) is 25.1 Å². The minimum Gasteiger partial charge on any atom is -0.472 e. The fourth-order valence-electron chi connectivity index (χ4n) is 2.67. The highest BCUT2D eigenvalue weighted by Gasteiger charge is 2.23. The maximum atomic E-state index is 6.49. The molecule has 0 aromatic carbocycles. The van der Waals surface area contributed by atoms with Crippen LogP contribution in [0.15, 0.2) is 46.0 Å². The molecule has 5 heteroatoms. The van der Waals surface area contributed by atoms with Gasteiger partial charge in [0.1, 0.15) is 0 Å². The van der Waals surface area contributed by atoms with Crippen molar-refractivity contribution in [1.29, 1.82) is 0 Å². The molecule has 0 saturated heterocycles. The standard InChI is InChI=1S/C17H27N3O2/c1-3-15(19-9-13-5-7-21-11-13)17(18)16(4-2)20-10-14-6-8-22-12-14/h5-8,11-12,15-17,19-20H,3-4,9-10,18H2,1-2H3. The van der Waals surface area contributed by atoms with Crippen molar-refractivity contribution in [3.8, 4) is 0 Å². The Labute approximate surface area is 132 Å². The van der Waals surface area contributed by atoms with Gasteiger partial charge in [0, 0.05) is 42.3 Å². The third-order valence-corrected chi connectivity index (χ3v) is 4.11. The Morgan fingerprint density at radius 3 is 1.68 bits per heavy atom. The molecule has 2 rings (SSSR count). The third-order valence-electron chi connectivity index (χ3n) is 4.11. The van der Waals surface area contributed by atoms with Crippen molar-refractivity contribution in [1.82, 2.24) is 10.6 Å². The topological polar surface area (TPSA) is 76.4 Å². The summed E-state index contributed by atoms with van der Waals surface area (Å²) in [6.07, 6.45) is 8.89. The van der Waals surface area contributed by atoms with Crippen LogP contribution in [0.4, 0.5) is 0 Å². The Kier molecular flexibility index (Phi) is 6.71. The molecule has 2 unspecified atom stereocenters. The summed E-state index contributed by atoms with van der Waals surface area (Å²) >= 11 is 0. The SMILES string of the molecule is CCC(NCc1ccoc1)C(N)C(CC)NCc1ccoc1. The predicted octanol–water partition coefficient (Wildman–Crippen LogP) is 2.64. The lowest BCUT2D eigenvalue weighted by atomic mass is 9.96. The van der Waals surface area contributed by atoms with E-state index in [0.717, 1.165) is 37.1 Å². The molecule has 2 heterocycles. The molecule has 0 radical (unpaired) electrons. The summed E-state index contributed by atoms with van der Waals surface area (Å²) in [5.41, 5.74) is 8.78.